The monoisotopic (exact) mass is 1060 g/mol. The van der Waals surface area contributed by atoms with Gasteiger partial charge in [-0.2, -0.15) is 0 Å². The second kappa shape index (κ2) is 29.7. The van der Waals surface area contributed by atoms with E-state index in [1.807, 2.05) is 0 Å². The van der Waals surface area contributed by atoms with E-state index in [0.29, 0.717) is 24.0 Å². The standard InChI is InChI=1S/C48H69N11O16/c1-4-24(2)39(46(72)58-40(25(3)61)48(74)75)57-45(71)35-6-5-19-59(35)47(73)33(21-27-9-13-29(63)14-10-27)53-38(66)22-52-42(68)34(23-60)56-44(70)32(20-26-7-11-28(62)12-8-26)55-43(69)31(16-18-37(51)65)54-41(67)30(49)15-17-36(50)64/h7-14,24-25,30-35,39-40,60-63H,4-6,15-23,49H2,1-3H3,(H2,50,64)(H2,51,65)(H,52,68)(H,53,66)(H,54,67)(H,55,69)(H,56,70)(H,57,71)(H,58,72)(H,74,75)/t24-,25+,30-,31-,32-,33-,34-,35-,39-,40-/m0/s1. The smallest absolute Gasteiger partial charge is 0.328 e. The summed E-state index contributed by atoms with van der Waals surface area (Å²) >= 11 is 0. The summed E-state index contributed by atoms with van der Waals surface area (Å²) in [6.45, 7) is 2.72. The third kappa shape index (κ3) is 19.8. The first-order chi connectivity index (χ1) is 35.3. The van der Waals surface area contributed by atoms with Gasteiger partial charge in [-0.1, -0.05) is 44.5 Å². The number of hydrogen-bond donors (Lipinski definition) is 15. The first-order valence-electron chi connectivity index (χ1n) is 24.1. The summed E-state index contributed by atoms with van der Waals surface area (Å²) in [5.74, 6) is -11.2. The molecule has 1 aliphatic rings. The van der Waals surface area contributed by atoms with Crippen LogP contribution in [0.4, 0.5) is 0 Å². The zero-order chi connectivity index (χ0) is 56.1. The van der Waals surface area contributed by atoms with Crippen molar-refractivity contribution in [2.75, 3.05) is 19.7 Å². The Morgan fingerprint density at radius 2 is 1.17 bits per heavy atom. The topological polar surface area (TPSA) is 454 Å². The molecule has 0 spiro atoms. The lowest BCUT2D eigenvalue weighted by atomic mass is 9.97. The summed E-state index contributed by atoms with van der Waals surface area (Å²) in [4.78, 5) is 145. The van der Waals surface area contributed by atoms with E-state index in [9.17, 15) is 78.3 Å². The molecule has 0 aliphatic carbocycles. The molecular formula is C48H69N11O16. The number of phenols is 2. The number of aliphatic hydroxyl groups is 2. The number of hydrogen-bond acceptors (Lipinski definition) is 16. The molecule has 1 heterocycles. The van der Waals surface area contributed by atoms with Crippen LogP contribution in [0.1, 0.15) is 76.8 Å². The van der Waals surface area contributed by atoms with Crippen molar-refractivity contribution < 1.29 is 78.3 Å². The average Bonchev–Trinajstić information content (AvgIpc) is 3.86. The number of nitrogens with one attached hydrogen (secondary N) is 7. The molecule has 1 saturated heterocycles. The normalized spacial score (nSPS) is 16.7. The van der Waals surface area contributed by atoms with Gasteiger partial charge in [0.15, 0.2) is 6.04 Å². The van der Waals surface area contributed by atoms with E-state index in [1.54, 1.807) is 13.8 Å². The maximum absolute atomic E-state index is 14.4. The van der Waals surface area contributed by atoms with Gasteiger partial charge in [0.1, 0.15) is 47.8 Å². The van der Waals surface area contributed by atoms with Gasteiger partial charge in [0.05, 0.1) is 25.3 Å². The zero-order valence-electron chi connectivity index (χ0n) is 41.8. The van der Waals surface area contributed by atoms with Crippen molar-refractivity contribution in [1.29, 1.82) is 0 Å². The lowest BCUT2D eigenvalue weighted by Gasteiger charge is -2.31. The van der Waals surface area contributed by atoms with Gasteiger partial charge in [-0.3, -0.25) is 47.9 Å². The van der Waals surface area contributed by atoms with Crippen LogP contribution in [0, 0.1) is 5.92 Å². The van der Waals surface area contributed by atoms with Crippen LogP contribution in [0.25, 0.3) is 0 Å². The number of nitrogens with two attached hydrogens (primary N) is 3. The molecule has 75 heavy (non-hydrogen) atoms. The number of carboxylic acid groups (broad SMARTS) is 1. The Balaban J connectivity index is 1.80. The molecule has 412 valence electrons. The van der Waals surface area contributed by atoms with E-state index in [2.05, 4.69) is 37.2 Å². The fourth-order valence-corrected chi connectivity index (χ4v) is 7.77. The van der Waals surface area contributed by atoms with Gasteiger partial charge in [0.2, 0.25) is 59.1 Å². The second-order valence-electron chi connectivity index (χ2n) is 18.2. The number of aromatic hydroxyl groups is 2. The van der Waals surface area contributed by atoms with Gasteiger partial charge in [-0.15, -0.1) is 0 Å². The van der Waals surface area contributed by atoms with Crippen molar-refractivity contribution in [2.45, 2.75) is 133 Å². The van der Waals surface area contributed by atoms with Crippen LogP contribution in [0.3, 0.4) is 0 Å². The number of carbonyl (C=O) groups is 11. The van der Waals surface area contributed by atoms with E-state index in [0.717, 1.165) is 0 Å². The highest BCUT2D eigenvalue weighted by molar-refractivity contribution is 5.98. The van der Waals surface area contributed by atoms with Crippen LogP contribution in [0.15, 0.2) is 48.5 Å². The summed E-state index contributed by atoms with van der Waals surface area (Å²) in [7, 11) is 0. The molecule has 0 saturated carbocycles. The minimum Gasteiger partial charge on any atom is -0.508 e. The van der Waals surface area contributed by atoms with Crippen molar-refractivity contribution in [1.82, 2.24) is 42.1 Å². The number of aliphatic carboxylic acids is 1. The van der Waals surface area contributed by atoms with Gasteiger partial charge in [-0.25, -0.2) is 4.79 Å². The Morgan fingerprint density at radius 3 is 1.69 bits per heavy atom. The molecule has 1 fully saturated rings. The lowest BCUT2D eigenvalue weighted by molar-refractivity contribution is -0.146. The van der Waals surface area contributed by atoms with Gasteiger partial charge in [0, 0.05) is 32.2 Å². The van der Waals surface area contributed by atoms with Gasteiger partial charge < -0.3 is 84.9 Å². The highest BCUT2D eigenvalue weighted by atomic mass is 16.4. The number of benzene rings is 2. The third-order valence-electron chi connectivity index (χ3n) is 12.3. The minimum absolute atomic E-state index is 0.0419. The number of amides is 10. The van der Waals surface area contributed by atoms with Crippen LogP contribution < -0.4 is 54.4 Å². The molecule has 1 aliphatic heterocycles. The second-order valence-corrected chi connectivity index (χ2v) is 18.2. The number of carbonyl (C=O) groups excluding carboxylic acids is 10. The fraction of sp³-hybridized carbons (Fsp3) is 0.521. The van der Waals surface area contributed by atoms with Crippen molar-refractivity contribution in [3.05, 3.63) is 59.7 Å². The molecule has 0 radical (unpaired) electrons. The Kier molecular flexibility index (Phi) is 24.3. The molecule has 0 aromatic heterocycles. The SMILES string of the molecule is CC[C@H](C)[C@H](NC(=O)[C@@H]1CCCN1C(=O)[C@H](Cc1ccc(O)cc1)NC(=O)CNC(=O)[C@H](CO)NC(=O)[C@H](Cc1ccc(O)cc1)NC(=O)[C@H](CCC(N)=O)NC(=O)[C@@H](N)CCC(N)=O)C(=O)N[C@H](C(=O)O)[C@@H](C)O. The Bertz CT molecular complexity index is 2350. The number of nitrogens with zero attached hydrogens (tertiary/aromatic N) is 1. The number of carboxylic acids is 1. The molecular weight excluding hydrogens is 987 g/mol. The molecule has 10 amide bonds. The van der Waals surface area contributed by atoms with Gasteiger partial charge in [-0.05, 0) is 73.9 Å². The van der Waals surface area contributed by atoms with Gasteiger partial charge >= 0.3 is 5.97 Å². The molecule has 2 aromatic carbocycles. The molecule has 18 N–H and O–H groups in total. The molecule has 10 atom stereocenters. The summed E-state index contributed by atoms with van der Waals surface area (Å²) < 4.78 is 0. The molecule has 2 aromatic rings. The number of rotatable bonds is 30. The van der Waals surface area contributed by atoms with Crippen LogP contribution >= 0.6 is 0 Å². The highest BCUT2D eigenvalue weighted by Gasteiger charge is 2.41. The van der Waals surface area contributed by atoms with Crippen molar-refractivity contribution in [2.24, 2.45) is 23.1 Å². The van der Waals surface area contributed by atoms with Crippen molar-refractivity contribution in [3.63, 3.8) is 0 Å². The largest absolute Gasteiger partial charge is 0.508 e. The zero-order valence-corrected chi connectivity index (χ0v) is 41.8. The Labute approximate surface area is 431 Å². The van der Waals surface area contributed by atoms with Gasteiger partial charge in [0.25, 0.3) is 0 Å². The molecule has 27 heteroatoms. The van der Waals surface area contributed by atoms with Crippen LogP contribution in [-0.4, -0.2) is 170 Å². The summed E-state index contributed by atoms with van der Waals surface area (Å²) in [6, 6.07) is -0.566. The van der Waals surface area contributed by atoms with E-state index >= 15 is 0 Å². The minimum atomic E-state index is -1.76. The van der Waals surface area contributed by atoms with E-state index in [-0.39, 0.29) is 56.6 Å². The van der Waals surface area contributed by atoms with Crippen LogP contribution in [0.2, 0.25) is 0 Å². The molecule has 0 unspecified atom stereocenters. The van der Waals surface area contributed by atoms with E-state index < -0.39 is 145 Å². The summed E-state index contributed by atoms with van der Waals surface area (Å²) in [5.41, 5.74) is 17.1. The van der Waals surface area contributed by atoms with E-state index in [4.69, 9.17) is 17.2 Å². The maximum Gasteiger partial charge on any atom is 0.328 e. The fourth-order valence-electron chi connectivity index (χ4n) is 7.77. The van der Waals surface area contributed by atoms with Crippen molar-refractivity contribution >= 4 is 65.0 Å². The first-order valence-corrected chi connectivity index (χ1v) is 24.1. The predicted molar refractivity (Wildman–Crippen MR) is 264 cm³/mol. The highest BCUT2D eigenvalue weighted by Crippen LogP contribution is 2.22. The average molecular weight is 1060 g/mol. The van der Waals surface area contributed by atoms with Crippen LogP contribution in [0.5, 0.6) is 11.5 Å². The molecule has 3 rings (SSSR count). The summed E-state index contributed by atoms with van der Waals surface area (Å²) in [5, 5.41) is 66.2. The molecule has 27 nitrogen and oxygen atoms in total. The first kappa shape index (κ1) is 61.4. The number of likely N-dealkylation sites (tertiary alicyclic amines) is 1. The number of phenolic OH excluding ortho intramolecular Hbond substituents is 2. The Morgan fingerprint density at radius 1 is 0.653 bits per heavy atom. The predicted octanol–water partition coefficient (Wildman–Crippen LogP) is -4.74. The van der Waals surface area contributed by atoms with Crippen molar-refractivity contribution in [3.8, 4) is 11.5 Å². The Hall–Kier alpha value is -7.91. The maximum atomic E-state index is 14.4. The van der Waals surface area contributed by atoms with E-state index in [1.165, 1.54) is 60.4 Å². The van der Waals surface area contributed by atoms with Crippen LogP contribution in [-0.2, 0) is 65.6 Å². The summed E-state index contributed by atoms with van der Waals surface area (Å²) in [6.07, 6.45) is -2.32. The molecule has 0 bridgehead atoms. The quantitative estimate of drug-likeness (QED) is 0.0349. The number of aliphatic hydroxyl groups excluding tert-OH is 2. The number of primary amides is 2. The lowest BCUT2D eigenvalue weighted by Crippen LogP contribution is -2.60. The third-order valence-corrected chi connectivity index (χ3v) is 12.3.